The number of guanidine groups is 1. The van der Waals surface area contributed by atoms with Crippen molar-refractivity contribution in [3.8, 4) is 11.5 Å². The van der Waals surface area contributed by atoms with Crippen LogP contribution in [-0.4, -0.2) is 48.9 Å². The van der Waals surface area contributed by atoms with Crippen LogP contribution in [0, 0.1) is 5.82 Å². The lowest BCUT2D eigenvalue weighted by Crippen LogP contribution is -2.35. The molecule has 0 N–H and O–H groups in total. The highest BCUT2D eigenvalue weighted by atomic mass is 127. The molecule has 0 amide bonds. The zero-order chi connectivity index (χ0) is 16.8. The first kappa shape index (κ1) is 20.1. The number of hydrogen-bond donors (Lipinski definition) is 0. The highest BCUT2D eigenvalue weighted by Crippen LogP contribution is 2.24. The Bertz CT molecular complexity index is 668. The van der Waals surface area contributed by atoms with E-state index in [-0.39, 0.29) is 29.7 Å². The topological polar surface area (TPSA) is 41.0 Å². The van der Waals surface area contributed by atoms with Crippen LogP contribution in [0.1, 0.15) is 5.56 Å². The predicted molar refractivity (Wildman–Crippen MR) is 105 cm³/mol. The molecule has 7 heteroatoms. The number of aliphatic imine (C=N–C) groups is 1. The van der Waals surface area contributed by atoms with Crippen molar-refractivity contribution in [1.29, 1.82) is 0 Å². The van der Waals surface area contributed by atoms with E-state index in [9.17, 15) is 4.39 Å². The summed E-state index contributed by atoms with van der Waals surface area (Å²) in [6, 6.07) is 8.32. The van der Waals surface area contributed by atoms with E-state index < -0.39 is 5.82 Å². The molecule has 0 bridgehead atoms. The second kappa shape index (κ2) is 9.41. The summed E-state index contributed by atoms with van der Waals surface area (Å²) >= 11 is 0. The molecule has 0 aliphatic carbocycles. The third kappa shape index (κ3) is 5.63. The minimum Gasteiger partial charge on any atom is -0.453 e. The first-order chi connectivity index (χ1) is 11.0. The zero-order valence-electron chi connectivity index (χ0n) is 14.2. The summed E-state index contributed by atoms with van der Waals surface area (Å²) in [4.78, 5) is 12.3. The molecule has 5 nitrogen and oxygen atoms in total. The largest absolute Gasteiger partial charge is 0.453 e. The Morgan fingerprint density at radius 3 is 2.42 bits per heavy atom. The van der Waals surface area contributed by atoms with Crippen LogP contribution >= 0.6 is 24.0 Å². The van der Waals surface area contributed by atoms with E-state index in [1.165, 1.54) is 12.3 Å². The Kier molecular flexibility index (Phi) is 7.90. The molecule has 0 saturated heterocycles. The maximum atomic E-state index is 14.2. The lowest BCUT2D eigenvalue weighted by Gasteiger charge is -2.22. The minimum atomic E-state index is -0.419. The van der Waals surface area contributed by atoms with Crippen molar-refractivity contribution in [2.75, 3.05) is 28.2 Å². The van der Waals surface area contributed by atoms with Gasteiger partial charge in [-0.1, -0.05) is 6.07 Å². The molecular formula is C17H22FIN4O. The molecular weight excluding hydrogens is 422 g/mol. The van der Waals surface area contributed by atoms with Crippen LogP contribution in [0.15, 0.2) is 47.7 Å². The first-order valence-electron chi connectivity index (χ1n) is 7.23. The number of benzene rings is 1. The molecule has 0 saturated carbocycles. The van der Waals surface area contributed by atoms with Gasteiger partial charge >= 0.3 is 0 Å². The number of ether oxygens (including phenoxy) is 1. The standard InChI is InChI=1S/C17H21FN4O.HI/c1-21(2)17(22(3)4)20-11-13-7-8-16(15(18)10-13)23-14-6-5-9-19-12-14;/h5-10,12H,11H2,1-4H3;1H. The first-order valence-corrected chi connectivity index (χ1v) is 7.23. The van der Waals surface area contributed by atoms with Gasteiger partial charge in [0.1, 0.15) is 5.75 Å². The van der Waals surface area contributed by atoms with Gasteiger partial charge in [-0.15, -0.1) is 24.0 Å². The van der Waals surface area contributed by atoms with E-state index in [2.05, 4.69) is 9.98 Å². The molecule has 130 valence electrons. The fourth-order valence-corrected chi connectivity index (χ4v) is 2.10. The summed E-state index contributed by atoms with van der Waals surface area (Å²) in [7, 11) is 7.68. The number of hydrogen-bond acceptors (Lipinski definition) is 3. The number of nitrogens with zero attached hydrogens (tertiary/aromatic N) is 4. The Morgan fingerprint density at radius 2 is 1.88 bits per heavy atom. The van der Waals surface area contributed by atoms with Gasteiger partial charge in [0.15, 0.2) is 17.5 Å². The maximum absolute atomic E-state index is 14.2. The molecule has 24 heavy (non-hydrogen) atoms. The average molecular weight is 444 g/mol. The SMILES string of the molecule is CN(C)C(=NCc1ccc(Oc2cccnc2)c(F)c1)N(C)C.I. The van der Waals surface area contributed by atoms with Crippen LogP contribution in [0.4, 0.5) is 4.39 Å². The van der Waals surface area contributed by atoms with E-state index in [4.69, 9.17) is 4.74 Å². The molecule has 0 aliphatic rings. The van der Waals surface area contributed by atoms with Gasteiger partial charge in [0, 0.05) is 34.4 Å². The van der Waals surface area contributed by atoms with Gasteiger partial charge in [-0.05, 0) is 29.8 Å². The van der Waals surface area contributed by atoms with Gasteiger partial charge in [-0.3, -0.25) is 4.98 Å². The minimum absolute atomic E-state index is 0. The fraction of sp³-hybridized carbons (Fsp3) is 0.294. The molecule has 1 heterocycles. The third-order valence-electron chi connectivity index (χ3n) is 3.06. The normalized spacial score (nSPS) is 9.71. The van der Waals surface area contributed by atoms with Crippen LogP contribution < -0.4 is 4.74 Å². The van der Waals surface area contributed by atoms with E-state index in [1.807, 2.05) is 38.0 Å². The third-order valence-corrected chi connectivity index (χ3v) is 3.06. The zero-order valence-corrected chi connectivity index (χ0v) is 16.6. The smallest absolute Gasteiger partial charge is 0.195 e. The van der Waals surface area contributed by atoms with Gasteiger partial charge < -0.3 is 14.5 Å². The van der Waals surface area contributed by atoms with Crippen molar-refractivity contribution in [2.45, 2.75) is 6.54 Å². The Balaban J connectivity index is 0.00000288. The van der Waals surface area contributed by atoms with Crippen LogP contribution in [0.3, 0.4) is 0 Å². The lowest BCUT2D eigenvalue weighted by molar-refractivity contribution is 0.440. The van der Waals surface area contributed by atoms with E-state index >= 15 is 0 Å². The van der Waals surface area contributed by atoms with Crippen molar-refractivity contribution in [1.82, 2.24) is 14.8 Å². The molecule has 0 radical (unpaired) electrons. The molecule has 0 fully saturated rings. The van der Waals surface area contributed by atoms with Crippen molar-refractivity contribution in [3.05, 3.63) is 54.1 Å². The lowest BCUT2D eigenvalue weighted by atomic mass is 10.2. The number of aromatic nitrogens is 1. The number of halogens is 2. The van der Waals surface area contributed by atoms with Crippen LogP contribution in [-0.2, 0) is 6.54 Å². The van der Waals surface area contributed by atoms with Crippen LogP contribution in [0.25, 0.3) is 0 Å². The van der Waals surface area contributed by atoms with Crippen LogP contribution in [0.5, 0.6) is 11.5 Å². The van der Waals surface area contributed by atoms with E-state index in [0.29, 0.717) is 12.3 Å². The summed E-state index contributed by atoms with van der Waals surface area (Å²) in [6.45, 7) is 0.399. The molecule has 0 atom stereocenters. The summed E-state index contributed by atoms with van der Waals surface area (Å²) < 4.78 is 19.6. The Morgan fingerprint density at radius 1 is 1.17 bits per heavy atom. The van der Waals surface area contributed by atoms with Gasteiger partial charge in [0.2, 0.25) is 0 Å². The van der Waals surface area contributed by atoms with Crippen molar-refractivity contribution in [2.24, 2.45) is 4.99 Å². The molecule has 1 aromatic heterocycles. The second-order valence-corrected chi connectivity index (χ2v) is 5.46. The summed E-state index contributed by atoms with van der Waals surface area (Å²) in [5.41, 5.74) is 0.780. The van der Waals surface area contributed by atoms with E-state index in [0.717, 1.165) is 11.5 Å². The van der Waals surface area contributed by atoms with Gasteiger partial charge in [-0.2, -0.15) is 0 Å². The van der Waals surface area contributed by atoms with E-state index in [1.54, 1.807) is 30.5 Å². The molecule has 2 rings (SSSR count). The maximum Gasteiger partial charge on any atom is 0.195 e. The average Bonchev–Trinajstić information content (AvgIpc) is 2.50. The molecule has 0 aliphatic heterocycles. The monoisotopic (exact) mass is 444 g/mol. The van der Waals surface area contributed by atoms with Crippen molar-refractivity contribution >= 4 is 29.9 Å². The summed E-state index contributed by atoms with van der Waals surface area (Å²) in [5, 5.41) is 0. The van der Waals surface area contributed by atoms with Crippen LogP contribution in [0.2, 0.25) is 0 Å². The van der Waals surface area contributed by atoms with Gasteiger partial charge in [0.05, 0.1) is 12.7 Å². The Labute approximate surface area is 159 Å². The second-order valence-electron chi connectivity index (χ2n) is 5.46. The quantitative estimate of drug-likeness (QED) is 0.411. The Hall–Kier alpha value is -1.90. The van der Waals surface area contributed by atoms with Gasteiger partial charge in [0.25, 0.3) is 0 Å². The summed E-state index contributed by atoms with van der Waals surface area (Å²) in [6.07, 6.45) is 3.18. The van der Waals surface area contributed by atoms with Crippen molar-refractivity contribution in [3.63, 3.8) is 0 Å². The van der Waals surface area contributed by atoms with Crippen molar-refractivity contribution < 1.29 is 9.13 Å². The molecule has 0 spiro atoms. The highest BCUT2D eigenvalue weighted by Gasteiger charge is 2.08. The molecule has 2 aromatic rings. The summed E-state index contributed by atoms with van der Waals surface area (Å²) in [5.74, 6) is 1.07. The fourth-order valence-electron chi connectivity index (χ4n) is 2.10. The molecule has 1 aromatic carbocycles. The highest BCUT2D eigenvalue weighted by molar-refractivity contribution is 14.0. The number of pyridine rings is 1. The predicted octanol–water partition coefficient (Wildman–Crippen LogP) is 3.61. The molecule has 0 unspecified atom stereocenters. The van der Waals surface area contributed by atoms with Gasteiger partial charge in [-0.25, -0.2) is 9.38 Å². The number of rotatable bonds is 4.